The van der Waals surface area contributed by atoms with E-state index >= 15 is 0 Å². The summed E-state index contributed by atoms with van der Waals surface area (Å²) >= 11 is 1.33. The maximum atomic E-state index is 12.4. The van der Waals surface area contributed by atoms with Gasteiger partial charge in [-0.1, -0.05) is 48.5 Å². The Hall–Kier alpha value is -3.72. The molecule has 0 saturated carbocycles. The molecular formula is C25H25N3O5S. The summed E-state index contributed by atoms with van der Waals surface area (Å²) in [5, 5.41) is 14.6. The molecule has 0 saturated heterocycles. The van der Waals surface area contributed by atoms with E-state index in [2.05, 4.69) is 27.8 Å². The van der Waals surface area contributed by atoms with Crippen molar-refractivity contribution in [2.75, 3.05) is 6.61 Å². The van der Waals surface area contributed by atoms with Crippen LogP contribution in [0.15, 0.2) is 60.2 Å². The summed E-state index contributed by atoms with van der Waals surface area (Å²) in [5.74, 6) is -1.65. The molecule has 2 amide bonds. The molecule has 1 aromatic heterocycles. The predicted octanol–water partition coefficient (Wildman–Crippen LogP) is 3.57. The average Bonchev–Trinajstić information content (AvgIpc) is 3.43. The maximum Gasteiger partial charge on any atom is 0.407 e. The molecule has 3 N–H and O–H groups in total. The lowest BCUT2D eigenvalue weighted by molar-refractivity contribution is -0.141. The Morgan fingerprint density at radius 2 is 1.71 bits per heavy atom. The van der Waals surface area contributed by atoms with E-state index in [9.17, 15) is 19.5 Å². The van der Waals surface area contributed by atoms with E-state index in [0.717, 1.165) is 27.1 Å². The van der Waals surface area contributed by atoms with Crippen LogP contribution < -0.4 is 10.6 Å². The largest absolute Gasteiger partial charge is 0.480 e. The van der Waals surface area contributed by atoms with Gasteiger partial charge in [0.05, 0.1) is 5.51 Å². The van der Waals surface area contributed by atoms with E-state index in [4.69, 9.17) is 4.74 Å². The minimum atomic E-state index is -1.13. The molecule has 4 rings (SSSR count). The molecule has 0 spiro atoms. The van der Waals surface area contributed by atoms with Crippen LogP contribution in [-0.2, 0) is 20.7 Å². The molecule has 0 bridgehead atoms. The lowest BCUT2D eigenvalue weighted by atomic mass is 9.98. The van der Waals surface area contributed by atoms with Crippen LogP contribution in [0.2, 0.25) is 0 Å². The van der Waals surface area contributed by atoms with E-state index in [1.165, 1.54) is 11.3 Å². The number of amides is 2. The number of rotatable bonds is 9. The number of aliphatic carboxylic acids is 1. The van der Waals surface area contributed by atoms with Crippen LogP contribution in [0.25, 0.3) is 11.1 Å². The number of fused-ring (bicyclic) bond motifs is 3. The molecule has 0 radical (unpaired) electrons. The van der Waals surface area contributed by atoms with Crippen LogP contribution in [0, 0.1) is 0 Å². The van der Waals surface area contributed by atoms with Crippen molar-refractivity contribution in [3.05, 3.63) is 76.2 Å². The van der Waals surface area contributed by atoms with Crippen molar-refractivity contribution in [1.82, 2.24) is 15.6 Å². The highest BCUT2D eigenvalue weighted by molar-refractivity contribution is 7.09. The molecular weight excluding hydrogens is 454 g/mol. The minimum Gasteiger partial charge on any atom is -0.480 e. The molecule has 2 atom stereocenters. The average molecular weight is 480 g/mol. The Balaban J connectivity index is 1.28. The molecule has 34 heavy (non-hydrogen) atoms. The number of hydrogen-bond donors (Lipinski definition) is 3. The number of benzene rings is 2. The van der Waals surface area contributed by atoms with E-state index in [-0.39, 0.29) is 25.4 Å². The fourth-order valence-electron chi connectivity index (χ4n) is 4.17. The summed E-state index contributed by atoms with van der Waals surface area (Å²) in [6.45, 7) is 1.84. The number of alkyl carbamates (subject to hydrolysis) is 1. The number of carboxylic acids is 1. The summed E-state index contributed by atoms with van der Waals surface area (Å²) in [6.07, 6.45) is 1.03. The number of thiazole rings is 1. The third kappa shape index (κ3) is 5.43. The fourth-order valence-corrected chi connectivity index (χ4v) is 4.81. The number of hydrogen-bond acceptors (Lipinski definition) is 6. The van der Waals surface area contributed by atoms with E-state index in [1.54, 1.807) is 18.6 Å². The van der Waals surface area contributed by atoms with Gasteiger partial charge in [0.25, 0.3) is 0 Å². The van der Waals surface area contributed by atoms with Gasteiger partial charge in [0, 0.05) is 35.9 Å². The van der Waals surface area contributed by atoms with Crippen molar-refractivity contribution in [2.45, 2.75) is 37.8 Å². The van der Waals surface area contributed by atoms with E-state index in [1.807, 2.05) is 36.4 Å². The summed E-state index contributed by atoms with van der Waals surface area (Å²) in [5.41, 5.74) is 6.12. The number of carboxylic acid groups (broad SMARTS) is 1. The van der Waals surface area contributed by atoms with E-state index < -0.39 is 30.1 Å². The molecule has 2 unspecified atom stereocenters. The second kappa shape index (κ2) is 10.5. The van der Waals surface area contributed by atoms with Crippen molar-refractivity contribution in [2.24, 2.45) is 0 Å². The zero-order chi connectivity index (χ0) is 24.1. The van der Waals surface area contributed by atoms with Gasteiger partial charge in [-0.15, -0.1) is 11.3 Å². The van der Waals surface area contributed by atoms with Crippen molar-refractivity contribution in [3.63, 3.8) is 0 Å². The standard InChI is InChI=1S/C25H25N3O5S/c1-15(10-23(29)28-22(24(30)31)11-16-12-26-14-34-16)27-25(32)33-13-21-19-8-4-2-6-17(19)18-7-3-5-9-20(18)21/h2-9,12,14-15,21-22H,10-11,13H2,1H3,(H,27,32)(H,28,29)(H,30,31). The Kier molecular flexibility index (Phi) is 7.22. The zero-order valence-electron chi connectivity index (χ0n) is 18.6. The molecule has 1 aliphatic carbocycles. The van der Waals surface area contributed by atoms with E-state index in [0.29, 0.717) is 0 Å². The summed E-state index contributed by atoms with van der Waals surface area (Å²) in [4.78, 5) is 40.9. The number of carbonyl (C=O) groups is 3. The Labute approximate surface area is 201 Å². The van der Waals surface area contributed by atoms with Crippen LogP contribution in [0.5, 0.6) is 0 Å². The third-order valence-corrected chi connectivity index (χ3v) is 6.52. The highest BCUT2D eigenvalue weighted by Gasteiger charge is 2.29. The molecule has 2 aromatic carbocycles. The second-order valence-corrected chi connectivity index (χ2v) is 9.18. The van der Waals surface area contributed by atoms with Gasteiger partial charge in [-0.05, 0) is 29.2 Å². The number of carbonyl (C=O) groups excluding carboxylic acids is 2. The van der Waals surface area contributed by atoms with Crippen molar-refractivity contribution < 1.29 is 24.2 Å². The number of nitrogens with one attached hydrogen (secondary N) is 2. The summed E-state index contributed by atoms with van der Waals surface area (Å²) < 4.78 is 5.50. The van der Waals surface area contributed by atoms with Crippen LogP contribution in [-0.4, -0.2) is 46.8 Å². The van der Waals surface area contributed by atoms with Crippen LogP contribution in [0.1, 0.15) is 35.3 Å². The van der Waals surface area contributed by atoms with Gasteiger partial charge in [-0.2, -0.15) is 0 Å². The van der Waals surface area contributed by atoms with Gasteiger partial charge < -0.3 is 20.5 Å². The minimum absolute atomic E-state index is 0.0557. The predicted molar refractivity (Wildman–Crippen MR) is 128 cm³/mol. The van der Waals surface area contributed by atoms with Crippen LogP contribution >= 0.6 is 11.3 Å². The monoisotopic (exact) mass is 479 g/mol. The first kappa shape index (κ1) is 23.4. The van der Waals surface area contributed by atoms with Gasteiger partial charge in [-0.3, -0.25) is 9.78 Å². The number of nitrogens with zero attached hydrogens (tertiary/aromatic N) is 1. The SMILES string of the molecule is CC(CC(=O)NC(Cc1cncs1)C(=O)O)NC(=O)OCC1c2ccccc2-c2ccccc21. The van der Waals surface area contributed by atoms with Gasteiger partial charge in [0.1, 0.15) is 12.6 Å². The zero-order valence-corrected chi connectivity index (χ0v) is 19.4. The highest BCUT2D eigenvalue weighted by atomic mass is 32.1. The molecule has 176 valence electrons. The number of aromatic nitrogens is 1. The quantitative estimate of drug-likeness (QED) is 0.432. The van der Waals surface area contributed by atoms with Crippen molar-refractivity contribution in [3.8, 4) is 11.1 Å². The van der Waals surface area contributed by atoms with Gasteiger partial charge >= 0.3 is 12.1 Å². The number of ether oxygens (including phenoxy) is 1. The Bertz CT molecular complexity index is 1140. The molecule has 1 aliphatic rings. The molecule has 3 aromatic rings. The highest BCUT2D eigenvalue weighted by Crippen LogP contribution is 2.44. The topological polar surface area (TPSA) is 118 Å². The van der Waals surface area contributed by atoms with Crippen LogP contribution in [0.4, 0.5) is 4.79 Å². The molecule has 0 aliphatic heterocycles. The normalized spacial score (nSPS) is 13.9. The fraction of sp³-hybridized carbons (Fsp3) is 0.280. The van der Waals surface area contributed by atoms with Gasteiger partial charge in [0.2, 0.25) is 5.91 Å². The summed E-state index contributed by atoms with van der Waals surface area (Å²) in [7, 11) is 0. The molecule has 1 heterocycles. The lowest BCUT2D eigenvalue weighted by Gasteiger charge is -2.18. The Morgan fingerprint density at radius 1 is 1.06 bits per heavy atom. The lowest BCUT2D eigenvalue weighted by Crippen LogP contribution is -2.45. The van der Waals surface area contributed by atoms with Gasteiger partial charge in [-0.25, -0.2) is 9.59 Å². The van der Waals surface area contributed by atoms with Gasteiger partial charge in [0.15, 0.2) is 0 Å². The molecule has 0 fully saturated rings. The maximum absolute atomic E-state index is 12.4. The first-order valence-corrected chi connectivity index (χ1v) is 11.8. The first-order valence-electron chi connectivity index (χ1n) is 10.9. The second-order valence-electron chi connectivity index (χ2n) is 8.21. The third-order valence-electron chi connectivity index (χ3n) is 5.72. The van der Waals surface area contributed by atoms with Crippen molar-refractivity contribution in [1.29, 1.82) is 0 Å². The van der Waals surface area contributed by atoms with Crippen molar-refractivity contribution >= 4 is 29.3 Å². The molecule has 9 heteroatoms. The smallest absolute Gasteiger partial charge is 0.407 e. The van der Waals surface area contributed by atoms with Crippen LogP contribution in [0.3, 0.4) is 0 Å². The first-order chi connectivity index (χ1) is 16.4. The summed E-state index contributed by atoms with van der Waals surface area (Å²) in [6, 6.07) is 14.5. The molecule has 8 nitrogen and oxygen atoms in total. The Morgan fingerprint density at radius 3 is 2.29 bits per heavy atom.